The quantitative estimate of drug-likeness (QED) is 0.684. The zero-order chi connectivity index (χ0) is 9.03. The Bertz CT molecular complexity index is 283. The van der Waals surface area contributed by atoms with Gasteiger partial charge in [-0.05, 0) is 17.7 Å². The Hall–Kier alpha value is -0.740. The van der Waals surface area contributed by atoms with E-state index >= 15 is 0 Å². The molecule has 0 saturated carbocycles. The maximum atomic E-state index is 10.3. The van der Waals surface area contributed by atoms with Crippen molar-refractivity contribution in [1.29, 1.82) is 0 Å². The lowest BCUT2D eigenvalue weighted by Gasteiger charge is -2.03. The second-order valence-electron chi connectivity index (χ2n) is 2.12. The van der Waals surface area contributed by atoms with Gasteiger partial charge in [0, 0.05) is 12.4 Å². The number of aromatic nitrogens is 1. The van der Waals surface area contributed by atoms with Crippen molar-refractivity contribution in [3.63, 3.8) is 0 Å². The van der Waals surface area contributed by atoms with Crippen LogP contribution in [0.25, 0.3) is 0 Å². The van der Waals surface area contributed by atoms with Crippen molar-refractivity contribution in [1.82, 2.24) is 4.98 Å². The molecule has 0 unspecified atom stereocenters. The minimum Gasteiger partial charge on any atom is -0.303 e. The minimum absolute atomic E-state index is 0.104. The molecule has 1 rings (SSSR count). The lowest BCUT2D eigenvalue weighted by molar-refractivity contribution is 0.189. The summed E-state index contributed by atoms with van der Waals surface area (Å²) in [5, 5.41) is 0. The standard InChI is InChI=1S/C6H8NO4P/c8-12(9,10)11-5-6-1-3-7-4-2-6/h1-4H,5H2,(H2,8,9,10). The van der Waals surface area contributed by atoms with Gasteiger partial charge in [-0.15, -0.1) is 0 Å². The highest BCUT2D eigenvalue weighted by atomic mass is 31.2. The highest BCUT2D eigenvalue weighted by Crippen LogP contribution is 2.36. The summed E-state index contributed by atoms with van der Waals surface area (Å²) in [5.41, 5.74) is 0.674. The maximum absolute atomic E-state index is 10.3. The molecule has 0 bridgehead atoms. The van der Waals surface area contributed by atoms with Crippen molar-refractivity contribution in [3.8, 4) is 0 Å². The van der Waals surface area contributed by atoms with Gasteiger partial charge in [-0.1, -0.05) is 0 Å². The molecule has 0 atom stereocenters. The molecule has 2 N–H and O–H groups in total. The predicted molar refractivity (Wildman–Crippen MR) is 41.1 cm³/mol. The topological polar surface area (TPSA) is 79.7 Å². The van der Waals surface area contributed by atoms with Crippen molar-refractivity contribution in [2.75, 3.05) is 0 Å². The Morgan fingerprint density at radius 3 is 2.50 bits per heavy atom. The molecule has 1 aromatic heterocycles. The van der Waals surface area contributed by atoms with Gasteiger partial charge in [0.2, 0.25) is 0 Å². The second kappa shape index (κ2) is 3.78. The Morgan fingerprint density at radius 2 is 2.00 bits per heavy atom. The molecule has 0 fully saturated rings. The summed E-state index contributed by atoms with van der Waals surface area (Å²) in [4.78, 5) is 20.4. The van der Waals surface area contributed by atoms with Crippen LogP contribution in [0, 0.1) is 0 Å². The second-order valence-corrected chi connectivity index (χ2v) is 3.36. The van der Waals surface area contributed by atoms with E-state index in [1.165, 1.54) is 12.4 Å². The minimum atomic E-state index is -4.35. The molecule has 0 aromatic carbocycles. The lowest BCUT2D eigenvalue weighted by atomic mass is 10.3. The Morgan fingerprint density at radius 1 is 1.42 bits per heavy atom. The molecule has 5 nitrogen and oxygen atoms in total. The van der Waals surface area contributed by atoms with E-state index in [0.717, 1.165) is 0 Å². The first kappa shape index (κ1) is 9.35. The van der Waals surface area contributed by atoms with Crippen molar-refractivity contribution in [2.24, 2.45) is 0 Å². The Kier molecular flexibility index (Phi) is 2.94. The molecule has 0 saturated heterocycles. The summed E-state index contributed by atoms with van der Waals surface area (Å²) in [5.74, 6) is 0. The van der Waals surface area contributed by atoms with Crippen LogP contribution in [0.2, 0.25) is 0 Å². The van der Waals surface area contributed by atoms with E-state index in [0.29, 0.717) is 5.56 Å². The number of hydrogen-bond donors (Lipinski definition) is 2. The zero-order valence-electron chi connectivity index (χ0n) is 6.12. The van der Waals surface area contributed by atoms with Crippen LogP contribution in [0.3, 0.4) is 0 Å². The monoisotopic (exact) mass is 189 g/mol. The van der Waals surface area contributed by atoms with Gasteiger partial charge >= 0.3 is 7.82 Å². The van der Waals surface area contributed by atoms with Gasteiger partial charge in [0.25, 0.3) is 0 Å². The third-order valence-corrected chi connectivity index (χ3v) is 1.61. The molecule has 0 aliphatic heterocycles. The van der Waals surface area contributed by atoms with Crippen LogP contribution >= 0.6 is 7.82 Å². The predicted octanol–water partition coefficient (Wildman–Crippen LogP) is 0.691. The summed E-state index contributed by atoms with van der Waals surface area (Å²) in [6.07, 6.45) is 3.05. The molecular weight excluding hydrogens is 181 g/mol. The van der Waals surface area contributed by atoms with Crippen LogP contribution in [0.4, 0.5) is 0 Å². The van der Waals surface area contributed by atoms with Gasteiger partial charge in [-0.25, -0.2) is 4.57 Å². The van der Waals surface area contributed by atoms with Crippen LogP contribution in [-0.2, 0) is 15.7 Å². The average Bonchev–Trinajstić information content (AvgIpc) is 2.02. The summed E-state index contributed by atoms with van der Waals surface area (Å²) in [6.45, 7) is -0.104. The van der Waals surface area contributed by atoms with Crippen LogP contribution in [0.15, 0.2) is 24.5 Å². The third-order valence-electron chi connectivity index (χ3n) is 1.15. The first-order valence-corrected chi connectivity index (χ1v) is 4.70. The Labute approximate surface area is 69.3 Å². The molecule has 1 aromatic rings. The molecule has 0 aliphatic rings. The highest BCUT2D eigenvalue weighted by molar-refractivity contribution is 7.46. The smallest absolute Gasteiger partial charge is 0.303 e. The number of nitrogens with zero attached hydrogens (tertiary/aromatic N) is 1. The van der Waals surface area contributed by atoms with E-state index in [2.05, 4.69) is 9.51 Å². The van der Waals surface area contributed by atoms with E-state index in [-0.39, 0.29) is 6.61 Å². The molecule has 6 heteroatoms. The lowest BCUT2D eigenvalue weighted by Crippen LogP contribution is -1.90. The number of pyridine rings is 1. The van der Waals surface area contributed by atoms with Gasteiger partial charge in [-0.2, -0.15) is 0 Å². The number of hydrogen-bond acceptors (Lipinski definition) is 3. The normalized spacial score (nSPS) is 11.5. The van der Waals surface area contributed by atoms with Gasteiger partial charge in [-0.3, -0.25) is 9.51 Å². The SMILES string of the molecule is O=P(O)(O)OCc1ccncc1. The molecule has 0 amide bonds. The molecule has 0 spiro atoms. The fourth-order valence-corrected chi connectivity index (χ4v) is 0.955. The number of phosphoric ester groups is 1. The summed E-state index contributed by atoms with van der Waals surface area (Å²) < 4.78 is 14.5. The van der Waals surface area contributed by atoms with Crippen LogP contribution in [-0.4, -0.2) is 14.8 Å². The third kappa shape index (κ3) is 3.59. The highest BCUT2D eigenvalue weighted by Gasteiger charge is 2.12. The van der Waals surface area contributed by atoms with Crippen molar-refractivity contribution in [2.45, 2.75) is 6.61 Å². The number of phosphoric acid groups is 1. The van der Waals surface area contributed by atoms with E-state index < -0.39 is 7.82 Å². The first-order valence-electron chi connectivity index (χ1n) is 3.17. The zero-order valence-corrected chi connectivity index (χ0v) is 7.02. The van der Waals surface area contributed by atoms with Gasteiger partial charge in [0.15, 0.2) is 0 Å². The van der Waals surface area contributed by atoms with Gasteiger partial charge in [0.1, 0.15) is 0 Å². The molecule has 66 valence electrons. The molecular formula is C6H8NO4P. The van der Waals surface area contributed by atoms with Crippen LogP contribution in [0.1, 0.15) is 5.56 Å². The average molecular weight is 189 g/mol. The molecule has 0 radical (unpaired) electrons. The molecule has 1 heterocycles. The summed E-state index contributed by atoms with van der Waals surface area (Å²) >= 11 is 0. The van der Waals surface area contributed by atoms with Crippen molar-refractivity contribution >= 4 is 7.82 Å². The molecule has 12 heavy (non-hydrogen) atoms. The van der Waals surface area contributed by atoms with Crippen LogP contribution < -0.4 is 0 Å². The maximum Gasteiger partial charge on any atom is 0.469 e. The molecule has 0 aliphatic carbocycles. The van der Waals surface area contributed by atoms with E-state index in [4.69, 9.17) is 9.79 Å². The van der Waals surface area contributed by atoms with Crippen molar-refractivity contribution in [3.05, 3.63) is 30.1 Å². The Balaban J connectivity index is 2.50. The van der Waals surface area contributed by atoms with E-state index in [9.17, 15) is 4.57 Å². The van der Waals surface area contributed by atoms with Crippen LogP contribution in [0.5, 0.6) is 0 Å². The van der Waals surface area contributed by atoms with Gasteiger partial charge in [0.05, 0.1) is 6.61 Å². The summed E-state index contributed by atoms with van der Waals surface area (Å²) in [6, 6.07) is 3.24. The van der Waals surface area contributed by atoms with Gasteiger partial charge < -0.3 is 9.79 Å². The summed E-state index contributed by atoms with van der Waals surface area (Å²) in [7, 11) is -4.35. The number of rotatable bonds is 3. The largest absolute Gasteiger partial charge is 0.469 e. The van der Waals surface area contributed by atoms with E-state index in [1.54, 1.807) is 12.1 Å². The van der Waals surface area contributed by atoms with Crippen molar-refractivity contribution < 1.29 is 18.9 Å². The first-order chi connectivity index (χ1) is 5.58. The fourth-order valence-electron chi connectivity index (χ4n) is 0.638. The van der Waals surface area contributed by atoms with E-state index in [1.807, 2.05) is 0 Å². The fraction of sp³-hybridized carbons (Fsp3) is 0.167.